The minimum atomic E-state index is -3.74. The van der Waals surface area contributed by atoms with Crippen molar-refractivity contribution >= 4 is 27.0 Å². The quantitative estimate of drug-likeness (QED) is 0.855. The van der Waals surface area contributed by atoms with Crippen LogP contribution in [0.25, 0.3) is 11.2 Å². The van der Waals surface area contributed by atoms with Gasteiger partial charge in [-0.05, 0) is 25.7 Å². The molecule has 8 nitrogen and oxygen atoms in total. The Balaban J connectivity index is 1.78. The largest absolute Gasteiger partial charge is 0.384 e. The molecule has 2 aliphatic rings. The highest BCUT2D eigenvalue weighted by molar-refractivity contribution is 7.89. The summed E-state index contributed by atoms with van der Waals surface area (Å²) in [5, 5.41) is 0. The number of hydrogen-bond acceptors (Lipinski definition) is 6. The summed E-state index contributed by atoms with van der Waals surface area (Å²) in [7, 11) is -2.07. The van der Waals surface area contributed by atoms with E-state index in [0.29, 0.717) is 37.1 Å². The first-order chi connectivity index (χ1) is 13.0. The van der Waals surface area contributed by atoms with Crippen molar-refractivity contribution in [2.24, 2.45) is 0 Å². The van der Waals surface area contributed by atoms with E-state index < -0.39 is 10.0 Å². The minimum Gasteiger partial charge on any atom is -0.384 e. The van der Waals surface area contributed by atoms with Crippen molar-refractivity contribution in [1.82, 2.24) is 18.8 Å². The van der Waals surface area contributed by atoms with Gasteiger partial charge in [-0.2, -0.15) is 4.31 Å². The first-order valence-corrected chi connectivity index (χ1v) is 11.1. The second-order valence-corrected chi connectivity index (χ2v) is 9.32. The lowest BCUT2D eigenvalue weighted by molar-refractivity contribution is 0.0604. The Labute approximate surface area is 159 Å². The van der Waals surface area contributed by atoms with Gasteiger partial charge in [0.1, 0.15) is 11.3 Å². The third-order valence-electron chi connectivity index (χ3n) is 5.89. The van der Waals surface area contributed by atoms with Crippen LogP contribution in [0.5, 0.6) is 0 Å². The SMILES string of the molecule is COC1CCN(S(=O)(=O)c2c(N)n(C3CCCCC3)c3nccnc23)CC1. The van der Waals surface area contributed by atoms with E-state index in [2.05, 4.69) is 9.97 Å². The highest BCUT2D eigenvalue weighted by Crippen LogP contribution is 2.39. The van der Waals surface area contributed by atoms with Gasteiger partial charge in [0.2, 0.25) is 10.0 Å². The molecule has 2 aromatic heterocycles. The number of nitrogens with two attached hydrogens (primary N) is 1. The summed E-state index contributed by atoms with van der Waals surface area (Å²) in [4.78, 5) is 8.91. The molecule has 148 valence electrons. The normalized spacial score (nSPS) is 21.1. The molecule has 0 atom stereocenters. The zero-order valence-electron chi connectivity index (χ0n) is 15.7. The second kappa shape index (κ2) is 7.37. The topological polar surface area (TPSA) is 103 Å². The van der Waals surface area contributed by atoms with Gasteiger partial charge in [0.15, 0.2) is 10.5 Å². The number of anilines is 1. The van der Waals surface area contributed by atoms with Crippen molar-refractivity contribution in [3.05, 3.63) is 12.4 Å². The maximum Gasteiger partial charge on any atom is 0.248 e. The molecule has 27 heavy (non-hydrogen) atoms. The molecule has 0 bridgehead atoms. The fraction of sp³-hybridized carbons (Fsp3) is 0.667. The zero-order chi connectivity index (χ0) is 19.0. The van der Waals surface area contributed by atoms with Gasteiger partial charge in [-0.1, -0.05) is 19.3 Å². The van der Waals surface area contributed by atoms with Crippen LogP contribution in [0.1, 0.15) is 51.0 Å². The van der Waals surface area contributed by atoms with E-state index in [1.54, 1.807) is 13.3 Å². The third kappa shape index (κ3) is 3.21. The molecule has 3 heterocycles. The van der Waals surface area contributed by atoms with Crippen molar-refractivity contribution in [3.63, 3.8) is 0 Å². The van der Waals surface area contributed by atoms with Crippen molar-refractivity contribution < 1.29 is 13.2 Å². The molecule has 2 aromatic rings. The van der Waals surface area contributed by atoms with E-state index in [0.717, 1.165) is 25.7 Å². The summed E-state index contributed by atoms with van der Waals surface area (Å²) in [6.07, 6.45) is 10.0. The second-order valence-electron chi connectivity index (χ2n) is 7.44. The summed E-state index contributed by atoms with van der Waals surface area (Å²) in [6.45, 7) is 0.854. The van der Waals surface area contributed by atoms with Gasteiger partial charge < -0.3 is 15.0 Å². The molecule has 1 saturated heterocycles. The predicted molar refractivity (Wildman–Crippen MR) is 103 cm³/mol. The van der Waals surface area contributed by atoms with Gasteiger partial charge in [0, 0.05) is 38.6 Å². The lowest BCUT2D eigenvalue weighted by Crippen LogP contribution is -2.40. The first-order valence-electron chi connectivity index (χ1n) is 9.67. The first kappa shape index (κ1) is 18.6. The maximum atomic E-state index is 13.4. The van der Waals surface area contributed by atoms with Gasteiger partial charge in [0.05, 0.1) is 6.10 Å². The molecule has 2 N–H and O–H groups in total. The van der Waals surface area contributed by atoms with Crippen LogP contribution in [-0.4, -0.2) is 53.6 Å². The average Bonchev–Trinajstić information content (AvgIpc) is 3.01. The van der Waals surface area contributed by atoms with Gasteiger partial charge in [-0.15, -0.1) is 0 Å². The number of rotatable bonds is 4. The van der Waals surface area contributed by atoms with E-state index in [1.165, 1.54) is 16.9 Å². The van der Waals surface area contributed by atoms with Crippen LogP contribution in [0, 0.1) is 0 Å². The van der Waals surface area contributed by atoms with Gasteiger partial charge in [0.25, 0.3) is 0 Å². The third-order valence-corrected chi connectivity index (χ3v) is 7.85. The van der Waals surface area contributed by atoms with Crippen LogP contribution >= 0.6 is 0 Å². The Morgan fingerprint density at radius 2 is 1.74 bits per heavy atom. The van der Waals surface area contributed by atoms with Crippen LogP contribution in [-0.2, 0) is 14.8 Å². The van der Waals surface area contributed by atoms with Gasteiger partial charge in [-0.3, -0.25) is 0 Å². The predicted octanol–water partition coefficient (Wildman–Crippen LogP) is 2.32. The number of fused-ring (bicyclic) bond motifs is 1. The standard InChI is InChI=1S/C18H27N5O3S/c1-26-14-7-11-22(12-8-14)27(24,25)16-15-18(21-10-9-20-15)23(17(16)19)13-5-3-2-4-6-13/h9-10,13-14H,2-8,11-12,19H2,1H3. The van der Waals surface area contributed by atoms with E-state index >= 15 is 0 Å². The Bertz CT molecular complexity index is 912. The van der Waals surface area contributed by atoms with E-state index in [4.69, 9.17) is 10.5 Å². The van der Waals surface area contributed by atoms with Crippen LogP contribution in [0.2, 0.25) is 0 Å². The summed E-state index contributed by atoms with van der Waals surface area (Å²) < 4.78 is 35.7. The fourth-order valence-corrected chi connectivity index (χ4v) is 6.11. The molecule has 0 unspecified atom stereocenters. The molecular formula is C18H27N5O3S. The lowest BCUT2D eigenvalue weighted by atomic mass is 9.95. The van der Waals surface area contributed by atoms with Gasteiger partial charge >= 0.3 is 0 Å². The molecule has 0 spiro atoms. The van der Waals surface area contributed by atoms with Crippen LogP contribution in [0.4, 0.5) is 5.82 Å². The van der Waals surface area contributed by atoms with Crippen molar-refractivity contribution in [2.75, 3.05) is 25.9 Å². The average molecular weight is 394 g/mol. The number of sulfonamides is 1. The van der Waals surface area contributed by atoms with Crippen molar-refractivity contribution in [1.29, 1.82) is 0 Å². The summed E-state index contributed by atoms with van der Waals surface area (Å²) in [5.74, 6) is 0.275. The number of piperidine rings is 1. The summed E-state index contributed by atoms with van der Waals surface area (Å²) >= 11 is 0. The van der Waals surface area contributed by atoms with E-state index in [1.807, 2.05) is 4.57 Å². The number of nitrogens with zero attached hydrogens (tertiary/aromatic N) is 4. The molecule has 9 heteroatoms. The number of nitrogen functional groups attached to an aromatic ring is 1. The highest BCUT2D eigenvalue weighted by Gasteiger charge is 2.36. The van der Waals surface area contributed by atoms with Crippen LogP contribution in [0.15, 0.2) is 17.3 Å². The molecule has 1 aliphatic carbocycles. The number of ether oxygens (including phenoxy) is 1. The molecular weight excluding hydrogens is 366 g/mol. The molecule has 0 amide bonds. The number of hydrogen-bond donors (Lipinski definition) is 1. The van der Waals surface area contributed by atoms with Crippen molar-refractivity contribution in [2.45, 2.75) is 62.0 Å². The maximum absolute atomic E-state index is 13.4. The monoisotopic (exact) mass is 393 g/mol. The summed E-state index contributed by atoms with van der Waals surface area (Å²) in [5.41, 5.74) is 7.41. The Kier molecular flexibility index (Phi) is 5.09. The molecule has 0 aromatic carbocycles. The Morgan fingerprint density at radius 1 is 1.07 bits per heavy atom. The van der Waals surface area contributed by atoms with Crippen LogP contribution in [0.3, 0.4) is 0 Å². The van der Waals surface area contributed by atoms with E-state index in [9.17, 15) is 8.42 Å². The summed E-state index contributed by atoms with van der Waals surface area (Å²) in [6, 6.07) is 0.182. The molecule has 2 fully saturated rings. The zero-order valence-corrected chi connectivity index (χ0v) is 16.5. The number of aromatic nitrogens is 3. The minimum absolute atomic E-state index is 0.108. The highest BCUT2D eigenvalue weighted by atomic mass is 32.2. The van der Waals surface area contributed by atoms with E-state index in [-0.39, 0.29) is 22.9 Å². The smallest absolute Gasteiger partial charge is 0.248 e. The molecule has 0 radical (unpaired) electrons. The number of methoxy groups -OCH3 is 1. The molecule has 1 aliphatic heterocycles. The van der Waals surface area contributed by atoms with Gasteiger partial charge in [-0.25, -0.2) is 18.4 Å². The van der Waals surface area contributed by atoms with Crippen molar-refractivity contribution in [3.8, 4) is 0 Å². The Hall–Kier alpha value is -1.71. The molecule has 1 saturated carbocycles. The van der Waals surface area contributed by atoms with Crippen LogP contribution < -0.4 is 5.73 Å². The Morgan fingerprint density at radius 3 is 2.41 bits per heavy atom. The fourth-order valence-electron chi connectivity index (χ4n) is 4.41. The molecule has 4 rings (SSSR count). The lowest BCUT2D eigenvalue weighted by Gasteiger charge is -2.30.